The summed E-state index contributed by atoms with van der Waals surface area (Å²) in [6.45, 7) is 3.22. The molecular formula is C12H11F2NO. The molecule has 0 aromatic heterocycles. The summed E-state index contributed by atoms with van der Waals surface area (Å²) in [7, 11) is 0. The molecule has 84 valence electrons. The van der Waals surface area contributed by atoms with Crippen LogP contribution in [0.3, 0.4) is 0 Å². The Bertz CT molecular complexity index is 440. The van der Waals surface area contributed by atoms with Gasteiger partial charge in [0.15, 0.2) is 0 Å². The zero-order valence-electron chi connectivity index (χ0n) is 8.97. The van der Waals surface area contributed by atoms with Crippen LogP contribution in [-0.2, 0) is 0 Å². The van der Waals surface area contributed by atoms with Gasteiger partial charge >= 0.3 is 0 Å². The van der Waals surface area contributed by atoms with Crippen LogP contribution in [0, 0.1) is 24.0 Å². The third kappa shape index (κ3) is 3.06. The van der Waals surface area contributed by atoms with Gasteiger partial charge in [0.1, 0.15) is 11.6 Å². The number of nitrogens with one attached hydrogen (secondary N) is 1. The molecule has 1 N–H and O–H groups in total. The smallest absolute Gasteiger partial charge is 0.252 e. The number of hydrogen-bond donors (Lipinski definition) is 1. The molecule has 4 heteroatoms. The van der Waals surface area contributed by atoms with Crippen LogP contribution in [0.1, 0.15) is 24.2 Å². The monoisotopic (exact) mass is 223 g/mol. The Morgan fingerprint density at radius 2 is 1.81 bits per heavy atom. The van der Waals surface area contributed by atoms with Crippen molar-refractivity contribution in [1.82, 2.24) is 5.32 Å². The quantitative estimate of drug-likeness (QED) is 0.764. The minimum atomic E-state index is -0.861. The summed E-state index contributed by atoms with van der Waals surface area (Å²) >= 11 is 0. The van der Waals surface area contributed by atoms with Crippen molar-refractivity contribution < 1.29 is 13.6 Å². The number of rotatable bonds is 2. The first-order valence-electron chi connectivity index (χ1n) is 4.60. The molecule has 0 heterocycles. The highest BCUT2D eigenvalue weighted by Crippen LogP contribution is 2.09. The Balaban J connectivity index is 2.94. The van der Waals surface area contributed by atoms with E-state index in [1.54, 1.807) is 13.8 Å². The van der Waals surface area contributed by atoms with Gasteiger partial charge < -0.3 is 5.32 Å². The highest BCUT2D eigenvalue weighted by Gasteiger charge is 2.18. The fourth-order valence-electron chi connectivity index (χ4n) is 1.08. The zero-order chi connectivity index (χ0) is 12.3. The van der Waals surface area contributed by atoms with Gasteiger partial charge in [-0.25, -0.2) is 8.78 Å². The molecule has 0 saturated carbocycles. The van der Waals surface area contributed by atoms with Crippen LogP contribution in [0.15, 0.2) is 18.2 Å². The van der Waals surface area contributed by atoms with Crippen molar-refractivity contribution in [2.75, 3.05) is 0 Å². The van der Waals surface area contributed by atoms with Crippen molar-refractivity contribution in [3.63, 3.8) is 0 Å². The van der Waals surface area contributed by atoms with E-state index in [1.165, 1.54) is 0 Å². The van der Waals surface area contributed by atoms with E-state index in [9.17, 15) is 13.6 Å². The highest BCUT2D eigenvalue weighted by atomic mass is 19.1. The molecule has 0 unspecified atom stereocenters. The van der Waals surface area contributed by atoms with E-state index >= 15 is 0 Å². The topological polar surface area (TPSA) is 29.1 Å². The van der Waals surface area contributed by atoms with Crippen LogP contribution in [0.2, 0.25) is 0 Å². The van der Waals surface area contributed by atoms with Crippen LogP contribution in [0.5, 0.6) is 0 Å². The average Bonchev–Trinajstić information content (AvgIpc) is 2.15. The van der Waals surface area contributed by atoms with Crippen molar-refractivity contribution in [3.8, 4) is 12.3 Å². The van der Waals surface area contributed by atoms with Crippen LogP contribution in [0.25, 0.3) is 0 Å². The third-order valence-electron chi connectivity index (χ3n) is 1.91. The van der Waals surface area contributed by atoms with E-state index in [4.69, 9.17) is 6.42 Å². The third-order valence-corrected chi connectivity index (χ3v) is 1.91. The van der Waals surface area contributed by atoms with Crippen molar-refractivity contribution in [2.45, 2.75) is 19.4 Å². The first-order valence-corrected chi connectivity index (χ1v) is 4.60. The molecule has 1 aromatic carbocycles. The van der Waals surface area contributed by atoms with Crippen LogP contribution < -0.4 is 5.32 Å². The summed E-state index contributed by atoms with van der Waals surface area (Å²) in [5.74, 6) is 0.138. The van der Waals surface area contributed by atoms with E-state index in [0.717, 1.165) is 12.1 Å². The molecule has 1 rings (SSSR count). The Morgan fingerprint density at radius 3 is 2.25 bits per heavy atom. The SMILES string of the molecule is C#CC(C)(C)NC(=O)c1cc(F)cc(F)c1. The van der Waals surface area contributed by atoms with Crippen molar-refractivity contribution in [2.24, 2.45) is 0 Å². The van der Waals surface area contributed by atoms with Crippen molar-refractivity contribution in [3.05, 3.63) is 35.4 Å². The van der Waals surface area contributed by atoms with Gasteiger partial charge in [0.05, 0.1) is 5.54 Å². The molecule has 1 aromatic rings. The van der Waals surface area contributed by atoms with Gasteiger partial charge in [0.25, 0.3) is 5.91 Å². The fourth-order valence-corrected chi connectivity index (χ4v) is 1.08. The fraction of sp³-hybridized carbons (Fsp3) is 0.250. The number of halogens is 2. The molecule has 0 aliphatic rings. The summed E-state index contributed by atoms with van der Waals surface area (Å²) in [6.07, 6.45) is 5.18. The highest BCUT2D eigenvalue weighted by molar-refractivity contribution is 5.94. The number of benzene rings is 1. The minimum absolute atomic E-state index is 0.0965. The second-order valence-corrected chi connectivity index (χ2v) is 3.88. The second-order valence-electron chi connectivity index (χ2n) is 3.88. The maximum atomic E-state index is 12.8. The molecule has 0 fully saturated rings. The maximum absolute atomic E-state index is 12.8. The predicted molar refractivity (Wildman–Crippen MR) is 56.7 cm³/mol. The van der Waals surface area contributed by atoms with Crippen molar-refractivity contribution in [1.29, 1.82) is 0 Å². The molecular weight excluding hydrogens is 212 g/mol. The molecule has 16 heavy (non-hydrogen) atoms. The largest absolute Gasteiger partial charge is 0.336 e. The van der Waals surface area contributed by atoms with Gasteiger partial charge in [0.2, 0.25) is 0 Å². The maximum Gasteiger partial charge on any atom is 0.252 e. The van der Waals surface area contributed by atoms with Crippen LogP contribution in [0.4, 0.5) is 8.78 Å². The number of terminal acetylenes is 1. The van der Waals surface area contributed by atoms with Gasteiger partial charge in [-0.3, -0.25) is 4.79 Å². The molecule has 0 saturated heterocycles. The van der Waals surface area contributed by atoms with Gasteiger partial charge in [-0.15, -0.1) is 6.42 Å². The molecule has 0 atom stereocenters. The zero-order valence-corrected chi connectivity index (χ0v) is 8.97. The first-order chi connectivity index (χ1) is 7.34. The molecule has 0 bridgehead atoms. The molecule has 0 aliphatic carbocycles. The Hall–Kier alpha value is -1.89. The number of carbonyl (C=O) groups is 1. The molecule has 0 spiro atoms. The number of amides is 1. The van der Waals surface area contributed by atoms with E-state index in [1.807, 2.05) is 0 Å². The van der Waals surface area contributed by atoms with E-state index < -0.39 is 23.1 Å². The summed E-state index contributed by atoms with van der Waals surface area (Å²) in [5, 5.41) is 2.47. The van der Waals surface area contributed by atoms with Crippen LogP contribution in [-0.4, -0.2) is 11.4 Å². The summed E-state index contributed by atoms with van der Waals surface area (Å²) in [6, 6.07) is 2.60. The molecule has 0 radical (unpaired) electrons. The summed E-state index contributed by atoms with van der Waals surface area (Å²) in [4.78, 5) is 11.6. The van der Waals surface area contributed by atoms with Gasteiger partial charge in [-0.1, -0.05) is 5.92 Å². The van der Waals surface area contributed by atoms with E-state index in [-0.39, 0.29) is 5.56 Å². The summed E-state index contributed by atoms with van der Waals surface area (Å²) < 4.78 is 25.7. The van der Waals surface area contributed by atoms with Gasteiger partial charge in [0, 0.05) is 11.6 Å². The Morgan fingerprint density at radius 1 is 1.31 bits per heavy atom. The lowest BCUT2D eigenvalue weighted by Crippen LogP contribution is -2.42. The number of hydrogen-bond acceptors (Lipinski definition) is 1. The van der Waals surface area contributed by atoms with Crippen LogP contribution >= 0.6 is 0 Å². The minimum Gasteiger partial charge on any atom is -0.336 e. The average molecular weight is 223 g/mol. The number of carbonyl (C=O) groups excluding carboxylic acids is 1. The molecule has 0 aliphatic heterocycles. The lowest BCUT2D eigenvalue weighted by atomic mass is 10.1. The lowest BCUT2D eigenvalue weighted by Gasteiger charge is -2.19. The van der Waals surface area contributed by atoms with E-state index in [2.05, 4.69) is 11.2 Å². The Kier molecular flexibility index (Phi) is 3.28. The van der Waals surface area contributed by atoms with Gasteiger partial charge in [-0.05, 0) is 26.0 Å². The summed E-state index contributed by atoms with van der Waals surface area (Å²) in [5.41, 5.74) is -0.958. The normalized spacial score (nSPS) is 10.7. The molecule has 1 amide bonds. The van der Waals surface area contributed by atoms with Crippen molar-refractivity contribution >= 4 is 5.91 Å². The molecule has 2 nitrogen and oxygen atoms in total. The predicted octanol–water partition coefficient (Wildman–Crippen LogP) is 2.11. The second kappa shape index (κ2) is 4.31. The first kappa shape index (κ1) is 12.2. The van der Waals surface area contributed by atoms with E-state index in [0.29, 0.717) is 6.07 Å². The standard InChI is InChI=1S/C12H11F2NO/c1-4-12(2,3)15-11(16)8-5-9(13)7-10(14)6-8/h1,5-7H,2-3H3,(H,15,16). The Labute approximate surface area is 92.7 Å². The van der Waals surface area contributed by atoms with Gasteiger partial charge in [-0.2, -0.15) is 0 Å². The lowest BCUT2D eigenvalue weighted by molar-refractivity contribution is 0.0929.